The lowest BCUT2D eigenvalue weighted by Crippen LogP contribution is -2.24. The molecule has 0 bridgehead atoms. The quantitative estimate of drug-likeness (QED) is 0.176. The van der Waals surface area contributed by atoms with Crippen molar-refractivity contribution in [2.75, 3.05) is 4.90 Å². The predicted octanol–water partition coefficient (Wildman–Crippen LogP) is 20.1. The molecule has 0 N–H and O–H groups in total. The summed E-state index contributed by atoms with van der Waals surface area (Å²) in [5.74, 6) is 0. The van der Waals surface area contributed by atoms with Gasteiger partial charge in [-0.3, -0.25) is 0 Å². The van der Waals surface area contributed by atoms with Gasteiger partial charge in [0.15, 0.2) is 0 Å². The Morgan fingerprint density at radius 1 is 0.365 bits per heavy atom. The van der Waals surface area contributed by atoms with Crippen molar-refractivity contribution in [1.82, 2.24) is 0 Å². The molecule has 14 rings (SSSR count). The molecule has 0 unspecified atom stereocenters. The van der Waals surface area contributed by atoms with Crippen molar-refractivity contribution in [1.29, 1.82) is 0 Å². The number of rotatable bonds is 4. The van der Waals surface area contributed by atoms with Crippen LogP contribution in [-0.4, -0.2) is 0 Å². The maximum absolute atomic E-state index is 7.09. The van der Waals surface area contributed by atoms with E-state index < -0.39 is 0 Å². The molecule has 364 valence electrons. The minimum atomic E-state index is -0.351. The van der Waals surface area contributed by atoms with Crippen molar-refractivity contribution in [3.8, 4) is 44.5 Å². The highest BCUT2D eigenvalue weighted by atomic mass is 16.3. The molecule has 0 atom stereocenters. The summed E-state index contributed by atoms with van der Waals surface area (Å²) in [5, 5.41) is 4.76. The van der Waals surface area contributed by atoms with Crippen molar-refractivity contribution in [2.24, 2.45) is 0 Å². The third-order valence-electron chi connectivity index (χ3n) is 17.7. The Balaban J connectivity index is 1.00. The van der Waals surface area contributed by atoms with Crippen molar-refractivity contribution < 1.29 is 8.83 Å². The van der Waals surface area contributed by atoms with Crippen LogP contribution in [0.25, 0.3) is 88.4 Å². The standard InChI is InChI=1S/C71H63NO2/c1-67(2,3)49-27-17-13-23-42(49)48-39-54-58(60-46-25-15-21-31-56(46)73-65(48)60)44-35-33-40(37-52(44)69(54,7)8)72(55-30-20-19-29-51(55)68(4,5)6)41-34-36-45-53(38-41)71(11,12)64-62(45)66-61(47-26-16-22-32-57(47)74-66)59-43-24-14-18-28-50(43)70(9,10)63(59)64/h13-39H,1-12H3. The number of anilines is 3. The largest absolute Gasteiger partial charge is 0.455 e. The first kappa shape index (κ1) is 45.0. The van der Waals surface area contributed by atoms with Crippen molar-refractivity contribution in [3.63, 3.8) is 0 Å². The molecule has 2 aromatic heterocycles. The molecule has 0 saturated heterocycles. The Labute approximate surface area is 435 Å². The van der Waals surface area contributed by atoms with Crippen LogP contribution in [0.15, 0.2) is 173 Å². The van der Waals surface area contributed by atoms with E-state index in [1.807, 2.05) is 0 Å². The predicted molar refractivity (Wildman–Crippen MR) is 311 cm³/mol. The maximum atomic E-state index is 7.09. The Hall–Kier alpha value is -7.62. The summed E-state index contributed by atoms with van der Waals surface area (Å²) in [6.07, 6.45) is 0. The fourth-order valence-electron chi connectivity index (χ4n) is 14.2. The zero-order valence-corrected chi connectivity index (χ0v) is 44.9. The molecule has 3 aliphatic carbocycles. The van der Waals surface area contributed by atoms with E-state index in [0.29, 0.717) is 0 Å². The fraction of sp³-hybridized carbons (Fsp3) is 0.239. The minimum Gasteiger partial charge on any atom is -0.455 e. The molecule has 3 nitrogen and oxygen atoms in total. The van der Waals surface area contributed by atoms with Gasteiger partial charge >= 0.3 is 0 Å². The van der Waals surface area contributed by atoms with E-state index in [9.17, 15) is 0 Å². The Morgan fingerprint density at radius 2 is 0.838 bits per heavy atom. The van der Waals surface area contributed by atoms with Gasteiger partial charge < -0.3 is 13.7 Å². The van der Waals surface area contributed by atoms with Gasteiger partial charge in [0.1, 0.15) is 22.3 Å². The van der Waals surface area contributed by atoms with Gasteiger partial charge in [0.05, 0.1) is 0 Å². The summed E-state index contributed by atoms with van der Waals surface area (Å²) in [7, 11) is 0. The molecule has 0 amide bonds. The van der Waals surface area contributed by atoms with E-state index in [1.54, 1.807) is 0 Å². The lowest BCUT2D eigenvalue weighted by Gasteiger charge is -2.34. The van der Waals surface area contributed by atoms with Crippen LogP contribution in [0.5, 0.6) is 0 Å². The number of benzene rings is 9. The second-order valence-corrected chi connectivity index (χ2v) is 25.2. The van der Waals surface area contributed by atoms with Crippen LogP contribution >= 0.6 is 0 Å². The van der Waals surface area contributed by atoms with E-state index in [2.05, 4.69) is 252 Å². The third kappa shape index (κ3) is 5.90. The summed E-state index contributed by atoms with van der Waals surface area (Å²) in [6, 6.07) is 61.3. The van der Waals surface area contributed by atoms with Crippen LogP contribution < -0.4 is 4.90 Å². The highest BCUT2D eigenvalue weighted by molar-refractivity contribution is 6.21. The summed E-state index contributed by atoms with van der Waals surface area (Å²) in [5.41, 5.74) is 27.0. The Bertz CT molecular complexity index is 4250. The normalized spacial score (nSPS) is 15.6. The number of para-hydroxylation sites is 3. The topological polar surface area (TPSA) is 29.5 Å². The van der Waals surface area contributed by atoms with Gasteiger partial charge in [-0.25, -0.2) is 0 Å². The molecule has 11 aromatic rings. The van der Waals surface area contributed by atoms with Crippen LogP contribution in [0.2, 0.25) is 0 Å². The molecule has 0 radical (unpaired) electrons. The summed E-state index contributed by atoms with van der Waals surface area (Å²) in [6.45, 7) is 28.6. The van der Waals surface area contributed by atoms with Gasteiger partial charge in [-0.15, -0.1) is 0 Å². The number of nitrogens with zero attached hydrogens (tertiary/aromatic N) is 1. The van der Waals surface area contributed by atoms with Crippen molar-refractivity contribution >= 4 is 60.9 Å². The molecule has 0 spiro atoms. The smallest absolute Gasteiger partial charge is 0.144 e. The summed E-state index contributed by atoms with van der Waals surface area (Å²) in [4.78, 5) is 2.55. The molecular weight excluding hydrogens is 899 g/mol. The van der Waals surface area contributed by atoms with Crippen LogP contribution in [-0.2, 0) is 27.1 Å². The first-order chi connectivity index (χ1) is 35.3. The average molecular weight is 962 g/mol. The first-order valence-electron chi connectivity index (χ1n) is 26.7. The van der Waals surface area contributed by atoms with E-state index in [-0.39, 0.29) is 27.1 Å². The zero-order valence-electron chi connectivity index (χ0n) is 44.9. The lowest BCUT2D eigenvalue weighted by atomic mass is 9.72. The van der Waals surface area contributed by atoms with Gasteiger partial charge in [-0.05, 0) is 137 Å². The molecule has 2 heterocycles. The monoisotopic (exact) mass is 961 g/mol. The van der Waals surface area contributed by atoms with Gasteiger partial charge in [0.25, 0.3) is 0 Å². The van der Waals surface area contributed by atoms with E-state index in [0.717, 1.165) is 44.7 Å². The molecule has 3 heteroatoms. The van der Waals surface area contributed by atoms with Crippen LogP contribution in [0, 0.1) is 0 Å². The van der Waals surface area contributed by atoms with Gasteiger partial charge in [-0.1, -0.05) is 198 Å². The van der Waals surface area contributed by atoms with Crippen LogP contribution in [0.4, 0.5) is 17.1 Å². The average Bonchev–Trinajstić information content (AvgIpc) is 4.15. The molecule has 9 aromatic carbocycles. The highest BCUT2D eigenvalue weighted by Gasteiger charge is 2.49. The van der Waals surface area contributed by atoms with Crippen LogP contribution in [0.3, 0.4) is 0 Å². The second kappa shape index (κ2) is 14.8. The lowest BCUT2D eigenvalue weighted by molar-refractivity contribution is 0.590. The van der Waals surface area contributed by atoms with Gasteiger partial charge in [-0.2, -0.15) is 0 Å². The second-order valence-electron chi connectivity index (χ2n) is 25.2. The van der Waals surface area contributed by atoms with E-state index in [1.165, 1.54) is 105 Å². The number of furan rings is 2. The highest BCUT2D eigenvalue weighted by Crippen LogP contribution is 2.64. The number of fused-ring (bicyclic) bond motifs is 19. The first-order valence-corrected chi connectivity index (χ1v) is 26.7. The molecule has 0 fully saturated rings. The Morgan fingerprint density at radius 3 is 1.49 bits per heavy atom. The SMILES string of the molecule is CC(C)(C)c1ccccc1-c1cc2c(c3c1oc1ccccc13)-c1ccc(N(c3ccc4c(c3)C(C)(C)c3c5c(c6c(oc7ccccc76)c3-4)-c3ccccc3C5(C)C)c3ccccc3C(C)(C)C)cc1C2(C)C. The fourth-order valence-corrected chi connectivity index (χ4v) is 14.2. The number of hydrogen-bond donors (Lipinski definition) is 0. The molecule has 0 aliphatic heterocycles. The van der Waals surface area contributed by atoms with Crippen molar-refractivity contribution in [2.45, 2.75) is 110 Å². The minimum absolute atomic E-state index is 0.0637. The Kier molecular flexibility index (Phi) is 9.00. The van der Waals surface area contributed by atoms with E-state index >= 15 is 0 Å². The van der Waals surface area contributed by atoms with Gasteiger partial charge in [0, 0.05) is 66.0 Å². The number of hydrogen-bond acceptors (Lipinski definition) is 3. The molecular formula is C71H63NO2. The summed E-state index contributed by atoms with van der Waals surface area (Å²) >= 11 is 0. The van der Waals surface area contributed by atoms with Crippen LogP contribution in [0.1, 0.15) is 128 Å². The van der Waals surface area contributed by atoms with E-state index in [4.69, 9.17) is 8.83 Å². The molecule has 74 heavy (non-hydrogen) atoms. The van der Waals surface area contributed by atoms with Crippen molar-refractivity contribution in [3.05, 3.63) is 208 Å². The molecule has 3 aliphatic rings. The zero-order chi connectivity index (χ0) is 51.2. The third-order valence-corrected chi connectivity index (χ3v) is 17.7. The van der Waals surface area contributed by atoms with Gasteiger partial charge in [0.2, 0.25) is 0 Å². The maximum Gasteiger partial charge on any atom is 0.144 e. The molecule has 0 saturated carbocycles. The summed E-state index contributed by atoms with van der Waals surface area (Å²) < 4.78 is 14.1.